The molecule has 30 heavy (non-hydrogen) atoms. The highest BCUT2D eigenvalue weighted by molar-refractivity contribution is 7.81. The lowest BCUT2D eigenvalue weighted by Gasteiger charge is -2.29. The Hall–Kier alpha value is -3.05. The molecule has 1 aliphatic heterocycles. The summed E-state index contributed by atoms with van der Waals surface area (Å²) in [5, 5.41) is 18.7. The molecule has 158 valence electrons. The summed E-state index contributed by atoms with van der Waals surface area (Å²) < 4.78 is 27.9. The zero-order valence-electron chi connectivity index (χ0n) is 17.4. The molecule has 1 saturated heterocycles. The Kier molecular flexibility index (Phi) is 6.48. The molecule has 1 fully saturated rings. The van der Waals surface area contributed by atoms with E-state index in [0.717, 1.165) is 6.07 Å². The molecule has 0 saturated carbocycles. The molecule has 0 aliphatic carbocycles. The number of aromatic hydroxyl groups is 1. The van der Waals surface area contributed by atoms with Gasteiger partial charge in [-0.25, -0.2) is 8.78 Å². The van der Waals surface area contributed by atoms with Gasteiger partial charge in [-0.15, -0.1) is 0 Å². The number of nitriles is 1. The van der Waals surface area contributed by atoms with E-state index < -0.39 is 17.0 Å². The number of benzene rings is 2. The molecule has 0 atom stereocenters. The molecular formula is C22H23F2N3O2S. The Bertz CT molecular complexity index is 1010. The lowest BCUT2D eigenvalue weighted by molar-refractivity contribution is -0.120. The first-order valence-corrected chi connectivity index (χ1v) is 9.79. The Balaban J connectivity index is 0.00000155. The van der Waals surface area contributed by atoms with E-state index in [1.165, 1.54) is 29.2 Å². The van der Waals surface area contributed by atoms with Gasteiger partial charge in [0.1, 0.15) is 11.3 Å². The number of thiocarbonyl (C=S) groups is 1. The summed E-state index contributed by atoms with van der Waals surface area (Å²) in [4.78, 5) is 15.9. The van der Waals surface area contributed by atoms with Gasteiger partial charge in [-0.2, -0.15) is 5.26 Å². The van der Waals surface area contributed by atoms with Crippen molar-refractivity contribution in [2.75, 3.05) is 9.80 Å². The van der Waals surface area contributed by atoms with E-state index in [1.54, 1.807) is 36.9 Å². The van der Waals surface area contributed by atoms with Crippen LogP contribution in [-0.4, -0.2) is 21.7 Å². The van der Waals surface area contributed by atoms with Gasteiger partial charge in [-0.05, 0) is 68.5 Å². The van der Waals surface area contributed by atoms with Gasteiger partial charge in [0.05, 0.1) is 17.3 Å². The number of nitrogens with zero attached hydrogens (tertiary/aromatic N) is 3. The molecule has 1 heterocycles. The number of rotatable bonds is 3. The van der Waals surface area contributed by atoms with Crippen molar-refractivity contribution in [1.82, 2.24) is 0 Å². The van der Waals surface area contributed by atoms with Gasteiger partial charge >= 0.3 is 0 Å². The minimum absolute atomic E-state index is 0.0664. The molecule has 2 aromatic carbocycles. The van der Waals surface area contributed by atoms with Crippen LogP contribution in [0.5, 0.6) is 5.75 Å². The van der Waals surface area contributed by atoms with E-state index in [1.807, 2.05) is 13.8 Å². The third kappa shape index (κ3) is 3.98. The zero-order chi connectivity index (χ0) is 22.9. The number of alkyl halides is 2. The highest BCUT2D eigenvalue weighted by Gasteiger charge is 2.50. The van der Waals surface area contributed by atoms with Gasteiger partial charge in [0, 0.05) is 18.2 Å². The number of halogens is 2. The second kappa shape index (κ2) is 8.36. The normalized spacial score (nSPS) is 15.5. The van der Waals surface area contributed by atoms with Crippen LogP contribution in [0.2, 0.25) is 0 Å². The molecule has 0 aromatic heterocycles. The van der Waals surface area contributed by atoms with Crippen molar-refractivity contribution in [1.29, 1.82) is 5.26 Å². The zero-order valence-corrected chi connectivity index (χ0v) is 18.2. The number of hydrogen-bond donors (Lipinski definition) is 1. The molecule has 0 bridgehead atoms. The first kappa shape index (κ1) is 23.2. The van der Waals surface area contributed by atoms with Crippen LogP contribution >= 0.6 is 12.2 Å². The van der Waals surface area contributed by atoms with Crippen molar-refractivity contribution in [3.8, 4) is 11.8 Å². The maximum absolute atomic E-state index is 14.0. The van der Waals surface area contributed by atoms with Gasteiger partial charge in [0.15, 0.2) is 5.11 Å². The van der Waals surface area contributed by atoms with E-state index in [-0.39, 0.29) is 28.0 Å². The monoisotopic (exact) mass is 431 g/mol. The largest absolute Gasteiger partial charge is 0.508 e. The molecule has 5 nitrogen and oxygen atoms in total. The lowest BCUT2D eigenvalue weighted by Crippen LogP contribution is -2.44. The summed E-state index contributed by atoms with van der Waals surface area (Å²) in [6.45, 7) is 8.05. The van der Waals surface area contributed by atoms with E-state index in [4.69, 9.17) is 17.5 Å². The quantitative estimate of drug-likeness (QED) is 0.667. The maximum Gasteiger partial charge on any atom is 0.271 e. The standard InChI is InChI=1S/C20H17F2N3O2S.C2H6/c1-19(2)17(27)24(18(28)25(19)13-6-8-15(26)9-7-13)14-5-4-12(11-23)16(10-14)20(3,21)22;1-2/h4-10,26H,1-3H3;1-2H3. The summed E-state index contributed by atoms with van der Waals surface area (Å²) in [5.41, 5.74) is -0.956. The second-order valence-corrected chi connectivity index (χ2v) is 7.43. The molecule has 8 heteroatoms. The number of carbonyl (C=O) groups is 1. The van der Waals surface area contributed by atoms with Crippen LogP contribution in [-0.2, 0) is 10.7 Å². The third-order valence-corrected chi connectivity index (χ3v) is 5.00. The van der Waals surface area contributed by atoms with Crippen LogP contribution in [0.25, 0.3) is 0 Å². The number of carbonyl (C=O) groups excluding carboxylic acids is 1. The van der Waals surface area contributed by atoms with Crippen LogP contribution < -0.4 is 9.80 Å². The smallest absolute Gasteiger partial charge is 0.271 e. The van der Waals surface area contributed by atoms with Gasteiger partial charge in [-0.1, -0.05) is 13.8 Å². The Morgan fingerprint density at radius 2 is 1.63 bits per heavy atom. The predicted molar refractivity (Wildman–Crippen MR) is 117 cm³/mol. The molecule has 1 aliphatic rings. The van der Waals surface area contributed by atoms with Crippen molar-refractivity contribution in [3.05, 3.63) is 53.6 Å². The molecule has 0 unspecified atom stereocenters. The molecule has 3 rings (SSSR count). The predicted octanol–water partition coefficient (Wildman–Crippen LogP) is 5.32. The SMILES string of the molecule is CC.CC(F)(F)c1cc(N2C(=O)C(C)(C)N(c3ccc(O)cc3)C2=S)ccc1C#N. The van der Waals surface area contributed by atoms with Crippen molar-refractivity contribution in [2.24, 2.45) is 0 Å². The summed E-state index contributed by atoms with van der Waals surface area (Å²) in [6.07, 6.45) is 0. The van der Waals surface area contributed by atoms with Gasteiger partial charge < -0.3 is 10.0 Å². The van der Waals surface area contributed by atoms with Crippen LogP contribution in [0, 0.1) is 11.3 Å². The Morgan fingerprint density at radius 3 is 2.13 bits per heavy atom. The minimum atomic E-state index is -3.25. The van der Waals surface area contributed by atoms with Crippen LogP contribution in [0.1, 0.15) is 45.7 Å². The highest BCUT2D eigenvalue weighted by atomic mass is 32.1. The highest BCUT2D eigenvalue weighted by Crippen LogP contribution is 2.39. The van der Waals surface area contributed by atoms with Crippen molar-refractivity contribution in [2.45, 2.75) is 46.1 Å². The van der Waals surface area contributed by atoms with E-state index in [2.05, 4.69) is 0 Å². The molecule has 2 aromatic rings. The number of hydrogen-bond acceptors (Lipinski definition) is 4. The van der Waals surface area contributed by atoms with Crippen LogP contribution in [0.4, 0.5) is 20.2 Å². The maximum atomic E-state index is 14.0. The van der Waals surface area contributed by atoms with Crippen LogP contribution in [0.15, 0.2) is 42.5 Å². The molecule has 1 amide bonds. The molecule has 0 radical (unpaired) electrons. The van der Waals surface area contributed by atoms with Gasteiger partial charge in [0.2, 0.25) is 0 Å². The lowest BCUT2D eigenvalue weighted by atomic mass is 10.0. The van der Waals surface area contributed by atoms with Gasteiger partial charge in [-0.3, -0.25) is 9.69 Å². The summed E-state index contributed by atoms with van der Waals surface area (Å²) in [5.74, 6) is -3.57. The van der Waals surface area contributed by atoms with E-state index >= 15 is 0 Å². The molecular weight excluding hydrogens is 408 g/mol. The van der Waals surface area contributed by atoms with Crippen molar-refractivity contribution < 1.29 is 18.7 Å². The number of phenols is 1. The second-order valence-electron chi connectivity index (χ2n) is 7.06. The molecule has 0 spiro atoms. The number of anilines is 2. The Morgan fingerprint density at radius 1 is 1.10 bits per heavy atom. The van der Waals surface area contributed by atoms with Crippen LogP contribution in [0.3, 0.4) is 0 Å². The fourth-order valence-corrected chi connectivity index (χ4v) is 3.71. The number of phenolic OH excluding ortho intramolecular Hbond substituents is 1. The fraction of sp³-hybridized carbons (Fsp3) is 0.318. The third-order valence-electron chi connectivity index (χ3n) is 4.63. The van der Waals surface area contributed by atoms with Crippen molar-refractivity contribution in [3.63, 3.8) is 0 Å². The molecule has 1 N–H and O–H groups in total. The minimum Gasteiger partial charge on any atom is -0.508 e. The summed E-state index contributed by atoms with van der Waals surface area (Å²) in [6, 6.07) is 11.7. The summed E-state index contributed by atoms with van der Waals surface area (Å²) in [7, 11) is 0. The average molecular weight is 432 g/mol. The summed E-state index contributed by atoms with van der Waals surface area (Å²) >= 11 is 5.50. The van der Waals surface area contributed by atoms with E-state index in [9.17, 15) is 18.7 Å². The fourth-order valence-electron chi connectivity index (χ4n) is 3.19. The van der Waals surface area contributed by atoms with Gasteiger partial charge in [0.25, 0.3) is 11.8 Å². The van der Waals surface area contributed by atoms with E-state index in [0.29, 0.717) is 12.6 Å². The van der Waals surface area contributed by atoms with Crippen molar-refractivity contribution >= 4 is 34.6 Å². The number of amides is 1. The topological polar surface area (TPSA) is 67.6 Å². The Labute approximate surface area is 180 Å². The average Bonchev–Trinajstić information content (AvgIpc) is 2.87. The first-order valence-electron chi connectivity index (χ1n) is 9.38. The first-order chi connectivity index (χ1) is 14.0.